The van der Waals surface area contributed by atoms with Crippen LogP contribution in [0.4, 0.5) is 0 Å². The van der Waals surface area contributed by atoms with Gasteiger partial charge >= 0.3 is 0 Å². The lowest BCUT2D eigenvalue weighted by atomic mass is 9.97. The lowest BCUT2D eigenvalue weighted by Crippen LogP contribution is -2.30. The fourth-order valence-corrected chi connectivity index (χ4v) is 4.11. The topological polar surface area (TPSA) is 49.2 Å². The zero-order valence-electron chi connectivity index (χ0n) is 13.9. The van der Waals surface area contributed by atoms with Crippen LogP contribution in [0.25, 0.3) is 16.7 Å². The number of hydrogen-bond acceptors (Lipinski definition) is 4. The van der Waals surface area contributed by atoms with E-state index in [2.05, 4.69) is 57.4 Å². The molecule has 0 aromatic carbocycles. The number of nitrogens with zero attached hydrogens (tertiary/aromatic N) is 3. The highest BCUT2D eigenvalue weighted by atomic mass is 127. The Kier molecular flexibility index (Phi) is 4.47. The van der Waals surface area contributed by atoms with E-state index in [0.717, 1.165) is 38.0 Å². The fraction of sp³-hybridized carbons (Fsp3) is 0.333. The first-order valence-electron chi connectivity index (χ1n) is 7.97. The predicted molar refractivity (Wildman–Crippen MR) is 105 cm³/mol. The van der Waals surface area contributed by atoms with Crippen LogP contribution in [-0.2, 0) is 15.1 Å². The number of methoxy groups -OCH3 is 1. The van der Waals surface area contributed by atoms with E-state index in [-0.39, 0.29) is 0 Å². The zero-order valence-corrected chi connectivity index (χ0v) is 16.8. The van der Waals surface area contributed by atoms with Crippen molar-refractivity contribution in [2.75, 3.05) is 20.3 Å². The van der Waals surface area contributed by atoms with Gasteiger partial charge < -0.3 is 9.47 Å². The minimum atomic E-state index is -0.476. The van der Waals surface area contributed by atoms with Crippen LogP contribution in [0.3, 0.4) is 0 Å². The van der Waals surface area contributed by atoms with E-state index in [0.29, 0.717) is 18.4 Å². The van der Waals surface area contributed by atoms with Gasteiger partial charge in [-0.15, -0.1) is 0 Å². The summed E-state index contributed by atoms with van der Waals surface area (Å²) in [6.45, 7) is 3.28. The van der Waals surface area contributed by atoms with Gasteiger partial charge in [-0.25, -0.2) is 9.97 Å². The molecule has 0 aliphatic carbocycles. The molecule has 7 heteroatoms. The Bertz CT molecular complexity index is 951. The summed E-state index contributed by atoms with van der Waals surface area (Å²) in [5.41, 5.74) is 2.54. The third-order valence-electron chi connectivity index (χ3n) is 4.65. The van der Waals surface area contributed by atoms with Crippen molar-refractivity contribution >= 4 is 45.1 Å². The summed E-state index contributed by atoms with van der Waals surface area (Å²) in [6.07, 6.45) is 4.66. The van der Waals surface area contributed by atoms with Gasteiger partial charge in [-0.3, -0.25) is 4.57 Å². The third-order valence-corrected chi connectivity index (χ3v) is 5.72. The molecule has 130 valence electrons. The largest absolute Gasteiger partial charge is 0.378 e. The van der Waals surface area contributed by atoms with E-state index in [9.17, 15) is 0 Å². The number of hydrogen-bond donors (Lipinski definition) is 0. The van der Waals surface area contributed by atoms with Crippen molar-refractivity contribution < 1.29 is 9.47 Å². The average molecular weight is 470 g/mol. The summed E-state index contributed by atoms with van der Waals surface area (Å²) < 4.78 is 14.6. The van der Waals surface area contributed by atoms with E-state index in [1.54, 1.807) is 13.3 Å². The molecule has 0 radical (unpaired) electrons. The molecule has 1 aliphatic heterocycles. The lowest BCUT2D eigenvalue weighted by Gasteiger charge is -2.26. The molecule has 3 aromatic rings. The standard InChI is InChI=1S/C18H17ClIN3O2/c1-11-5-15(18(24-2)3-4-25-10-18)22-17(6-11)23-9-13(20)12-8-21-16(19)7-14(12)23/h5-9H,3-4,10H2,1-2H3/t18-/m0/s1. The molecule has 0 amide bonds. The maximum Gasteiger partial charge on any atom is 0.137 e. The fourth-order valence-electron chi connectivity index (χ4n) is 3.27. The second-order valence-electron chi connectivity index (χ2n) is 6.26. The lowest BCUT2D eigenvalue weighted by molar-refractivity contribution is -0.0246. The van der Waals surface area contributed by atoms with E-state index in [4.69, 9.17) is 26.1 Å². The van der Waals surface area contributed by atoms with Crippen molar-refractivity contribution in [1.29, 1.82) is 0 Å². The summed E-state index contributed by atoms with van der Waals surface area (Å²) >= 11 is 8.42. The number of rotatable bonds is 3. The zero-order chi connectivity index (χ0) is 17.6. The van der Waals surface area contributed by atoms with Crippen molar-refractivity contribution in [2.45, 2.75) is 18.9 Å². The molecule has 0 bridgehead atoms. The highest BCUT2D eigenvalue weighted by Gasteiger charge is 2.38. The molecule has 1 fully saturated rings. The second kappa shape index (κ2) is 6.50. The van der Waals surface area contributed by atoms with Crippen LogP contribution < -0.4 is 0 Å². The van der Waals surface area contributed by atoms with Crippen molar-refractivity contribution in [3.63, 3.8) is 0 Å². The maximum absolute atomic E-state index is 6.11. The van der Waals surface area contributed by atoms with Gasteiger partial charge in [-0.1, -0.05) is 11.6 Å². The van der Waals surface area contributed by atoms with Gasteiger partial charge in [-0.05, 0) is 47.2 Å². The number of ether oxygens (including phenoxy) is 2. The molecule has 25 heavy (non-hydrogen) atoms. The monoisotopic (exact) mass is 469 g/mol. The van der Waals surface area contributed by atoms with E-state index in [1.807, 2.05) is 6.07 Å². The van der Waals surface area contributed by atoms with Gasteiger partial charge in [0.05, 0.1) is 17.8 Å². The second-order valence-corrected chi connectivity index (χ2v) is 7.81. The summed E-state index contributed by atoms with van der Waals surface area (Å²) in [5.74, 6) is 0.841. The molecule has 0 N–H and O–H groups in total. The number of aryl methyl sites for hydroxylation is 1. The van der Waals surface area contributed by atoms with Crippen molar-refractivity contribution in [1.82, 2.24) is 14.5 Å². The van der Waals surface area contributed by atoms with Gasteiger partial charge in [0.15, 0.2) is 0 Å². The van der Waals surface area contributed by atoms with Crippen LogP contribution in [0.2, 0.25) is 5.15 Å². The summed E-state index contributed by atoms with van der Waals surface area (Å²) in [5, 5.41) is 1.52. The maximum atomic E-state index is 6.11. The van der Waals surface area contributed by atoms with Crippen LogP contribution in [-0.4, -0.2) is 34.9 Å². The van der Waals surface area contributed by atoms with Crippen LogP contribution in [0.15, 0.2) is 30.6 Å². The van der Waals surface area contributed by atoms with Crippen LogP contribution in [0.5, 0.6) is 0 Å². The minimum Gasteiger partial charge on any atom is -0.378 e. The number of pyridine rings is 2. The average Bonchev–Trinajstić information content (AvgIpc) is 3.20. The van der Waals surface area contributed by atoms with Crippen molar-refractivity contribution in [3.8, 4) is 5.82 Å². The summed E-state index contributed by atoms with van der Waals surface area (Å²) in [6, 6.07) is 6.01. The Morgan fingerprint density at radius 2 is 2.20 bits per heavy atom. The minimum absolute atomic E-state index is 0.466. The first kappa shape index (κ1) is 17.2. The Morgan fingerprint density at radius 3 is 2.92 bits per heavy atom. The van der Waals surface area contributed by atoms with E-state index >= 15 is 0 Å². The molecular formula is C18H17ClIN3O2. The molecule has 1 saturated heterocycles. The molecule has 1 atom stereocenters. The first-order valence-corrected chi connectivity index (χ1v) is 9.43. The molecule has 5 nitrogen and oxygen atoms in total. The van der Waals surface area contributed by atoms with Gasteiger partial charge in [0, 0.05) is 47.6 Å². The van der Waals surface area contributed by atoms with Crippen LogP contribution in [0, 0.1) is 10.5 Å². The van der Waals surface area contributed by atoms with Gasteiger partial charge in [0.25, 0.3) is 0 Å². The number of aromatic nitrogens is 3. The summed E-state index contributed by atoms with van der Waals surface area (Å²) in [7, 11) is 1.72. The highest BCUT2D eigenvalue weighted by Crippen LogP contribution is 2.34. The molecule has 3 aromatic heterocycles. The molecule has 0 spiro atoms. The SMILES string of the molecule is CO[C@@]1(c2cc(C)cc(-n3cc(I)c4cnc(Cl)cc43)n2)CCOC1. The van der Waals surface area contributed by atoms with Gasteiger partial charge in [-0.2, -0.15) is 0 Å². The number of halogens is 2. The Morgan fingerprint density at radius 1 is 1.36 bits per heavy atom. The quantitative estimate of drug-likeness (QED) is 0.425. The normalized spacial score (nSPS) is 20.5. The van der Waals surface area contributed by atoms with Gasteiger partial charge in [0.1, 0.15) is 16.6 Å². The number of fused-ring (bicyclic) bond motifs is 1. The van der Waals surface area contributed by atoms with Crippen molar-refractivity contribution in [3.05, 3.63) is 50.6 Å². The van der Waals surface area contributed by atoms with Crippen LogP contribution >= 0.6 is 34.2 Å². The third kappa shape index (κ3) is 2.95. The highest BCUT2D eigenvalue weighted by molar-refractivity contribution is 14.1. The molecule has 1 aliphatic rings. The van der Waals surface area contributed by atoms with E-state index in [1.165, 1.54) is 0 Å². The molecule has 0 unspecified atom stereocenters. The molecule has 4 rings (SSSR count). The first-order chi connectivity index (χ1) is 12.0. The summed E-state index contributed by atoms with van der Waals surface area (Å²) in [4.78, 5) is 9.10. The Balaban J connectivity index is 1.91. The van der Waals surface area contributed by atoms with Gasteiger partial charge in [0.2, 0.25) is 0 Å². The Hall–Kier alpha value is -1.22. The van der Waals surface area contributed by atoms with E-state index < -0.39 is 5.60 Å². The molecule has 4 heterocycles. The van der Waals surface area contributed by atoms with Crippen molar-refractivity contribution in [2.24, 2.45) is 0 Å². The molecule has 0 saturated carbocycles. The molecular weight excluding hydrogens is 453 g/mol. The van der Waals surface area contributed by atoms with Crippen LogP contribution in [0.1, 0.15) is 17.7 Å². The predicted octanol–water partition coefficient (Wildman–Crippen LogP) is 4.25. The Labute approximate surface area is 164 Å². The smallest absolute Gasteiger partial charge is 0.137 e.